The molecule has 0 spiro atoms. The number of esters is 2. The molecule has 1 rings (SSSR count). The van der Waals surface area contributed by atoms with Crippen LogP contribution in [0.15, 0.2) is 0 Å². The molecule has 218 valence electrons. The van der Waals surface area contributed by atoms with Gasteiger partial charge in [0.25, 0.3) is 0 Å². The Morgan fingerprint density at radius 1 is 0.811 bits per heavy atom. The van der Waals surface area contributed by atoms with Crippen molar-refractivity contribution in [2.75, 3.05) is 65.8 Å². The summed E-state index contributed by atoms with van der Waals surface area (Å²) in [5, 5.41) is 9.59. The summed E-state index contributed by atoms with van der Waals surface area (Å²) in [7, 11) is 0. The second-order valence-electron chi connectivity index (χ2n) is 11.2. The van der Waals surface area contributed by atoms with Crippen LogP contribution in [0.5, 0.6) is 0 Å². The number of hydrogen-bond acceptors (Lipinski definition) is 8. The van der Waals surface area contributed by atoms with E-state index in [9.17, 15) is 14.7 Å². The molecule has 8 nitrogen and oxygen atoms in total. The lowest BCUT2D eigenvalue weighted by Crippen LogP contribution is -2.46. The number of ether oxygens (including phenoxy) is 3. The Balaban J connectivity index is 2.42. The third kappa shape index (κ3) is 18.6. The zero-order chi connectivity index (χ0) is 27.3. The molecule has 1 unspecified atom stereocenters. The largest absolute Gasteiger partial charge is 0.465 e. The lowest BCUT2D eigenvalue weighted by atomic mass is 10.1. The van der Waals surface area contributed by atoms with Crippen molar-refractivity contribution in [1.82, 2.24) is 9.80 Å². The summed E-state index contributed by atoms with van der Waals surface area (Å²) >= 11 is 0. The standard InChI is InChI=1S/C29H56N2O6/c1-25(2)22-36-28(33)13-7-5-9-15-30(16-10-6-8-14-29(34)37-23-26(3)4)17-18-31(19-20-32)27-12-11-21-35-24-27/h25-27,32H,5-24H2,1-4H3. The molecule has 0 saturated carbocycles. The Hall–Kier alpha value is -1.22. The zero-order valence-corrected chi connectivity index (χ0v) is 24.3. The van der Waals surface area contributed by atoms with Gasteiger partial charge in [0.1, 0.15) is 0 Å². The fourth-order valence-corrected chi connectivity index (χ4v) is 4.45. The van der Waals surface area contributed by atoms with Gasteiger partial charge in [-0.3, -0.25) is 14.5 Å². The normalized spacial score (nSPS) is 16.2. The summed E-state index contributed by atoms with van der Waals surface area (Å²) in [5.41, 5.74) is 0. The van der Waals surface area contributed by atoms with Gasteiger partial charge in [-0.15, -0.1) is 0 Å². The van der Waals surface area contributed by atoms with E-state index in [1.54, 1.807) is 0 Å². The molecular weight excluding hydrogens is 472 g/mol. The monoisotopic (exact) mass is 528 g/mol. The van der Waals surface area contributed by atoms with Gasteiger partial charge in [-0.25, -0.2) is 0 Å². The first-order valence-corrected chi connectivity index (χ1v) is 14.8. The van der Waals surface area contributed by atoms with Gasteiger partial charge in [-0.05, 0) is 63.5 Å². The van der Waals surface area contributed by atoms with Crippen molar-refractivity contribution in [2.24, 2.45) is 11.8 Å². The van der Waals surface area contributed by atoms with Crippen LogP contribution in [0.3, 0.4) is 0 Å². The number of nitrogens with zero attached hydrogens (tertiary/aromatic N) is 2. The molecule has 1 fully saturated rings. The molecule has 1 atom stereocenters. The molecule has 0 bridgehead atoms. The molecule has 1 saturated heterocycles. The van der Waals surface area contributed by atoms with Gasteiger partial charge in [0.05, 0.1) is 26.4 Å². The predicted octanol–water partition coefficient (Wildman–Crippen LogP) is 4.28. The lowest BCUT2D eigenvalue weighted by Gasteiger charge is -2.35. The summed E-state index contributed by atoms with van der Waals surface area (Å²) in [4.78, 5) is 28.6. The number of aliphatic hydroxyl groups excluding tert-OH is 1. The Morgan fingerprint density at radius 3 is 1.84 bits per heavy atom. The van der Waals surface area contributed by atoms with Gasteiger partial charge in [0.15, 0.2) is 0 Å². The van der Waals surface area contributed by atoms with E-state index in [0.29, 0.717) is 50.5 Å². The fourth-order valence-electron chi connectivity index (χ4n) is 4.45. The van der Waals surface area contributed by atoms with E-state index >= 15 is 0 Å². The highest BCUT2D eigenvalue weighted by Gasteiger charge is 2.21. The van der Waals surface area contributed by atoms with Crippen molar-refractivity contribution in [3.05, 3.63) is 0 Å². The predicted molar refractivity (Wildman–Crippen MR) is 147 cm³/mol. The van der Waals surface area contributed by atoms with Gasteiger partial charge >= 0.3 is 11.9 Å². The minimum absolute atomic E-state index is 0.0909. The van der Waals surface area contributed by atoms with Crippen molar-refractivity contribution in [3.8, 4) is 0 Å². The van der Waals surface area contributed by atoms with Crippen molar-refractivity contribution < 1.29 is 28.9 Å². The Bertz CT molecular complexity index is 547. The molecular formula is C29H56N2O6. The Morgan fingerprint density at radius 2 is 1.38 bits per heavy atom. The van der Waals surface area contributed by atoms with Crippen LogP contribution in [0.25, 0.3) is 0 Å². The molecule has 1 N–H and O–H groups in total. The number of hydrogen-bond donors (Lipinski definition) is 1. The first-order chi connectivity index (χ1) is 17.8. The first kappa shape index (κ1) is 33.8. The molecule has 0 aromatic carbocycles. The van der Waals surface area contributed by atoms with Crippen molar-refractivity contribution in [1.29, 1.82) is 0 Å². The van der Waals surface area contributed by atoms with Crippen LogP contribution in [0.2, 0.25) is 0 Å². The summed E-state index contributed by atoms with van der Waals surface area (Å²) < 4.78 is 16.2. The molecule has 37 heavy (non-hydrogen) atoms. The smallest absolute Gasteiger partial charge is 0.305 e. The molecule has 8 heteroatoms. The second kappa shape index (κ2) is 21.7. The van der Waals surface area contributed by atoms with Gasteiger partial charge < -0.3 is 24.2 Å². The zero-order valence-electron chi connectivity index (χ0n) is 24.3. The third-order valence-corrected chi connectivity index (χ3v) is 6.61. The molecule has 0 aromatic rings. The highest BCUT2D eigenvalue weighted by atomic mass is 16.5. The molecule has 0 aromatic heterocycles. The quantitative estimate of drug-likeness (QED) is 0.165. The van der Waals surface area contributed by atoms with Crippen LogP contribution in [0, 0.1) is 11.8 Å². The molecule has 0 amide bonds. The number of carbonyl (C=O) groups is 2. The molecule has 0 radical (unpaired) electrons. The Kier molecular flexibility index (Phi) is 19.8. The maximum Gasteiger partial charge on any atom is 0.305 e. The number of aliphatic hydroxyl groups is 1. The summed E-state index contributed by atoms with van der Waals surface area (Å²) in [5.74, 6) is 0.557. The van der Waals surface area contributed by atoms with Gasteiger partial charge in [-0.2, -0.15) is 0 Å². The highest BCUT2D eigenvalue weighted by Crippen LogP contribution is 2.14. The number of unbranched alkanes of at least 4 members (excludes halogenated alkanes) is 4. The van der Waals surface area contributed by atoms with Crippen molar-refractivity contribution in [3.63, 3.8) is 0 Å². The highest BCUT2D eigenvalue weighted by molar-refractivity contribution is 5.69. The number of carbonyl (C=O) groups excluding carboxylic acids is 2. The lowest BCUT2D eigenvalue weighted by molar-refractivity contribution is -0.145. The van der Waals surface area contributed by atoms with Crippen molar-refractivity contribution in [2.45, 2.75) is 97.9 Å². The van der Waals surface area contributed by atoms with E-state index in [1.807, 2.05) is 27.7 Å². The summed E-state index contributed by atoms with van der Waals surface area (Å²) in [6.45, 7) is 15.5. The van der Waals surface area contributed by atoms with Gasteiger partial charge in [0.2, 0.25) is 0 Å². The van der Waals surface area contributed by atoms with Crippen LogP contribution in [-0.2, 0) is 23.8 Å². The second-order valence-corrected chi connectivity index (χ2v) is 11.2. The minimum atomic E-state index is -0.0909. The van der Waals surface area contributed by atoms with E-state index in [2.05, 4.69) is 9.80 Å². The minimum Gasteiger partial charge on any atom is -0.465 e. The molecule has 0 aliphatic carbocycles. The summed E-state index contributed by atoms with van der Waals surface area (Å²) in [6, 6.07) is 0.386. The Labute approximate surface area is 226 Å². The van der Waals surface area contributed by atoms with Crippen LogP contribution >= 0.6 is 0 Å². The van der Waals surface area contributed by atoms with E-state index in [-0.39, 0.29) is 18.5 Å². The van der Waals surface area contributed by atoms with E-state index in [1.165, 1.54) is 0 Å². The van der Waals surface area contributed by atoms with Crippen LogP contribution in [-0.4, -0.2) is 98.6 Å². The first-order valence-electron chi connectivity index (χ1n) is 14.8. The van der Waals surface area contributed by atoms with E-state index < -0.39 is 0 Å². The maximum atomic E-state index is 11.9. The molecule has 1 heterocycles. The topological polar surface area (TPSA) is 88.5 Å². The molecule has 1 aliphatic rings. The third-order valence-electron chi connectivity index (χ3n) is 6.61. The molecule has 1 aliphatic heterocycles. The summed E-state index contributed by atoms with van der Waals surface area (Å²) in [6.07, 6.45) is 9.01. The van der Waals surface area contributed by atoms with Crippen LogP contribution in [0.1, 0.15) is 91.9 Å². The SMILES string of the molecule is CC(C)COC(=O)CCCCCN(CCCCCC(=O)OCC(C)C)CCN(CCO)C1CCCOC1. The van der Waals surface area contributed by atoms with Gasteiger partial charge in [-0.1, -0.05) is 40.5 Å². The average Bonchev–Trinajstić information content (AvgIpc) is 2.88. The van der Waals surface area contributed by atoms with Crippen LogP contribution < -0.4 is 0 Å². The van der Waals surface area contributed by atoms with Crippen molar-refractivity contribution >= 4 is 11.9 Å². The van der Waals surface area contributed by atoms with E-state index in [4.69, 9.17) is 14.2 Å². The van der Waals surface area contributed by atoms with Gasteiger partial charge in [0, 0.05) is 45.1 Å². The number of rotatable bonds is 22. The average molecular weight is 529 g/mol. The van der Waals surface area contributed by atoms with E-state index in [0.717, 1.165) is 90.8 Å². The fraction of sp³-hybridized carbons (Fsp3) is 0.931. The maximum absolute atomic E-state index is 11.9. The van der Waals surface area contributed by atoms with Crippen LogP contribution in [0.4, 0.5) is 0 Å².